The van der Waals surface area contributed by atoms with Crippen LogP contribution in [0.2, 0.25) is 0 Å². The van der Waals surface area contributed by atoms with E-state index in [1.54, 1.807) is 34.1 Å². The molecule has 0 aromatic heterocycles. The van der Waals surface area contributed by atoms with Crippen LogP contribution in [0.5, 0.6) is 0 Å². The second-order valence-electron chi connectivity index (χ2n) is 12.6. The van der Waals surface area contributed by atoms with Crippen molar-refractivity contribution >= 4 is 35.3 Å². The van der Waals surface area contributed by atoms with Gasteiger partial charge < -0.3 is 20.6 Å². The molecule has 3 N–H and O–H groups in total. The molecule has 10 nitrogen and oxygen atoms in total. The summed E-state index contributed by atoms with van der Waals surface area (Å²) in [6, 6.07) is 24.2. The van der Waals surface area contributed by atoms with Crippen molar-refractivity contribution in [3.05, 3.63) is 102 Å². The summed E-state index contributed by atoms with van der Waals surface area (Å²) < 4.78 is 0. The lowest BCUT2D eigenvalue weighted by molar-refractivity contribution is -0.144. The second kappa shape index (κ2) is 14.6. The molecule has 0 bridgehead atoms. The first-order valence-corrected chi connectivity index (χ1v) is 16.2. The van der Waals surface area contributed by atoms with E-state index in [1.165, 1.54) is 13.8 Å². The van der Waals surface area contributed by atoms with Gasteiger partial charge in [0.2, 0.25) is 17.7 Å². The molecule has 5 rings (SSSR count). The molecule has 3 aromatic rings. The van der Waals surface area contributed by atoms with Crippen molar-refractivity contribution in [2.24, 2.45) is 5.41 Å². The Hall–Kier alpha value is -4.99. The number of nitrogens with zero attached hydrogens (tertiary/aromatic N) is 2. The summed E-state index contributed by atoms with van der Waals surface area (Å²) in [6.45, 7) is 3.26. The van der Waals surface area contributed by atoms with E-state index in [0.717, 1.165) is 24.0 Å². The third-order valence-electron chi connectivity index (χ3n) is 9.38. The van der Waals surface area contributed by atoms with Crippen molar-refractivity contribution < 1.29 is 29.1 Å². The van der Waals surface area contributed by atoms with Gasteiger partial charge in [0.25, 0.3) is 5.91 Å². The Morgan fingerprint density at radius 1 is 0.872 bits per heavy atom. The number of carboxylic acids is 1. The van der Waals surface area contributed by atoms with Crippen LogP contribution >= 0.6 is 0 Å². The van der Waals surface area contributed by atoms with Gasteiger partial charge in [0, 0.05) is 38.9 Å². The molecular formula is C37H42N4O6. The fourth-order valence-corrected chi connectivity index (χ4v) is 6.97. The molecule has 1 aliphatic heterocycles. The number of anilines is 1. The van der Waals surface area contributed by atoms with E-state index in [0.29, 0.717) is 43.5 Å². The summed E-state index contributed by atoms with van der Waals surface area (Å²) in [4.78, 5) is 67.7. The molecule has 1 aliphatic carbocycles. The third kappa shape index (κ3) is 7.53. The normalized spacial score (nSPS) is 19.3. The van der Waals surface area contributed by atoms with Gasteiger partial charge >= 0.3 is 5.97 Å². The Kier molecular flexibility index (Phi) is 10.4. The molecule has 3 atom stereocenters. The van der Waals surface area contributed by atoms with Crippen molar-refractivity contribution in [2.45, 2.75) is 77.0 Å². The van der Waals surface area contributed by atoms with Gasteiger partial charge in [-0.15, -0.1) is 0 Å². The maximum atomic E-state index is 14.1. The van der Waals surface area contributed by atoms with Crippen LogP contribution in [0.1, 0.15) is 68.8 Å². The summed E-state index contributed by atoms with van der Waals surface area (Å²) in [5.74, 6) is -2.03. The number of carbonyl (C=O) groups excluding carboxylic acids is 4. The average Bonchev–Trinajstić information content (AvgIpc) is 3.65. The molecule has 3 unspecified atom stereocenters. The maximum Gasteiger partial charge on any atom is 0.326 e. The van der Waals surface area contributed by atoms with Crippen molar-refractivity contribution in [3.63, 3.8) is 0 Å². The lowest BCUT2D eigenvalue weighted by atomic mass is 9.81. The fourth-order valence-electron chi connectivity index (χ4n) is 6.97. The highest BCUT2D eigenvalue weighted by molar-refractivity contribution is 6.03. The fraction of sp³-hybridized carbons (Fsp3) is 0.378. The molecule has 0 radical (unpaired) electrons. The van der Waals surface area contributed by atoms with E-state index in [-0.39, 0.29) is 30.0 Å². The van der Waals surface area contributed by atoms with Gasteiger partial charge in [-0.3, -0.25) is 24.1 Å². The minimum Gasteiger partial charge on any atom is -0.480 e. The van der Waals surface area contributed by atoms with Crippen molar-refractivity contribution in [2.75, 3.05) is 11.4 Å². The molecule has 47 heavy (non-hydrogen) atoms. The first kappa shape index (κ1) is 33.4. The van der Waals surface area contributed by atoms with Crippen molar-refractivity contribution in [3.8, 4) is 0 Å². The Balaban J connectivity index is 1.37. The third-order valence-corrected chi connectivity index (χ3v) is 9.38. The predicted octanol–water partition coefficient (Wildman–Crippen LogP) is 4.39. The minimum absolute atomic E-state index is 0.0510. The molecule has 1 heterocycles. The highest BCUT2D eigenvalue weighted by Gasteiger charge is 2.48. The SMILES string of the molecule is CC(=O)NCCC1(C(=O)NC(Cc2ccc(N3C(=O)C(Cc4ccccc4)N(C(C)=O)C3c3ccccc3)cc2)C(=O)O)CCCC1. The van der Waals surface area contributed by atoms with Gasteiger partial charge in [0.1, 0.15) is 18.2 Å². The van der Waals surface area contributed by atoms with E-state index < -0.39 is 29.6 Å². The minimum atomic E-state index is -1.15. The summed E-state index contributed by atoms with van der Waals surface area (Å²) in [6.07, 6.45) is 3.25. The number of nitrogens with one attached hydrogen (secondary N) is 2. The van der Waals surface area contributed by atoms with Crippen LogP contribution in [0.3, 0.4) is 0 Å². The highest BCUT2D eigenvalue weighted by atomic mass is 16.4. The quantitative estimate of drug-likeness (QED) is 0.269. The Morgan fingerprint density at radius 2 is 1.49 bits per heavy atom. The lowest BCUT2D eigenvalue weighted by Gasteiger charge is -2.31. The van der Waals surface area contributed by atoms with Gasteiger partial charge in [-0.05, 0) is 48.1 Å². The molecule has 4 amide bonds. The zero-order valence-electron chi connectivity index (χ0n) is 26.9. The Morgan fingerprint density at radius 3 is 2.06 bits per heavy atom. The largest absolute Gasteiger partial charge is 0.480 e. The number of amides is 4. The molecule has 2 aliphatic rings. The zero-order valence-corrected chi connectivity index (χ0v) is 26.9. The smallest absolute Gasteiger partial charge is 0.326 e. The van der Waals surface area contributed by atoms with Gasteiger partial charge in [-0.1, -0.05) is 85.6 Å². The molecule has 1 saturated carbocycles. The van der Waals surface area contributed by atoms with Crippen LogP contribution in [0.25, 0.3) is 0 Å². The molecule has 0 spiro atoms. The molecule has 1 saturated heterocycles. The van der Waals surface area contributed by atoms with Gasteiger partial charge in [-0.2, -0.15) is 0 Å². The van der Waals surface area contributed by atoms with Crippen LogP contribution in [0.15, 0.2) is 84.9 Å². The monoisotopic (exact) mass is 638 g/mol. The van der Waals surface area contributed by atoms with E-state index in [1.807, 2.05) is 60.7 Å². The standard InChI is InChI=1S/C37H42N4O6/c1-25(42)38-22-21-37(19-9-10-20-37)36(47)39-31(35(45)46)23-28-15-17-30(18-16-28)41-33(29-13-7-4-8-14-29)40(26(2)43)32(34(41)44)24-27-11-5-3-6-12-27/h3-8,11-18,31-33H,9-10,19-24H2,1-2H3,(H,38,42)(H,39,47)(H,45,46). The van der Waals surface area contributed by atoms with E-state index >= 15 is 0 Å². The summed E-state index contributed by atoms with van der Waals surface area (Å²) in [7, 11) is 0. The molecule has 3 aromatic carbocycles. The Bertz CT molecular complexity index is 1590. The van der Waals surface area contributed by atoms with Crippen molar-refractivity contribution in [1.29, 1.82) is 0 Å². The number of aliphatic carboxylic acids is 1. The molecular weight excluding hydrogens is 596 g/mol. The summed E-state index contributed by atoms with van der Waals surface area (Å²) >= 11 is 0. The first-order valence-electron chi connectivity index (χ1n) is 16.2. The van der Waals surface area contributed by atoms with Gasteiger partial charge in [-0.25, -0.2) is 4.79 Å². The average molecular weight is 639 g/mol. The molecule has 2 fully saturated rings. The van der Waals surface area contributed by atoms with Crippen LogP contribution in [-0.4, -0.2) is 58.2 Å². The number of benzene rings is 3. The van der Waals surface area contributed by atoms with E-state index in [2.05, 4.69) is 10.6 Å². The number of carboxylic acid groups (broad SMARTS) is 1. The summed E-state index contributed by atoms with van der Waals surface area (Å²) in [5, 5.41) is 15.6. The van der Waals surface area contributed by atoms with Gasteiger partial charge in [0.15, 0.2) is 0 Å². The van der Waals surface area contributed by atoms with Crippen LogP contribution < -0.4 is 15.5 Å². The maximum absolute atomic E-state index is 14.1. The lowest BCUT2D eigenvalue weighted by Crippen LogP contribution is -2.49. The van der Waals surface area contributed by atoms with Crippen LogP contribution in [0.4, 0.5) is 5.69 Å². The predicted molar refractivity (Wildman–Crippen MR) is 177 cm³/mol. The summed E-state index contributed by atoms with van der Waals surface area (Å²) in [5.41, 5.74) is 2.28. The zero-order chi connectivity index (χ0) is 33.6. The van der Waals surface area contributed by atoms with Crippen LogP contribution in [0, 0.1) is 5.41 Å². The topological polar surface area (TPSA) is 136 Å². The number of hydrogen-bond acceptors (Lipinski definition) is 5. The first-order chi connectivity index (χ1) is 22.6. The highest BCUT2D eigenvalue weighted by Crippen LogP contribution is 2.42. The van der Waals surface area contributed by atoms with Crippen molar-refractivity contribution in [1.82, 2.24) is 15.5 Å². The van der Waals surface area contributed by atoms with E-state index in [9.17, 15) is 29.1 Å². The number of carbonyl (C=O) groups is 5. The van der Waals surface area contributed by atoms with Gasteiger partial charge in [0.05, 0.1) is 5.41 Å². The van der Waals surface area contributed by atoms with Crippen LogP contribution in [-0.2, 0) is 36.8 Å². The molecule has 246 valence electrons. The number of hydrogen-bond donors (Lipinski definition) is 3. The Labute approximate surface area is 275 Å². The second-order valence-corrected chi connectivity index (χ2v) is 12.6. The van der Waals surface area contributed by atoms with E-state index in [4.69, 9.17) is 0 Å². The number of rotatable bonds is 12. The molecule has 10 heteroatoms.